The number of rotatable bonds is 9. The van der Waals surface area contributed by atoms with Crippen molar-refractivity contribution in [2.24, 2.45) is 5.92 Å². The van der Waals surface area contributed by atoms with E-state index in [0.717, 1.165) is 18.4 Å². The molecule has 0 aromatic heterocycles. The molecule has 27 heavy (non-hydrogen) atoms. The zero-order valence-electron chi connectivity index (χ0n) is 15.3. The molecule has 1 saturated carbocycles. The smallest absolute Gasteiger partial charge is 0.297 e. The molecule has 1 saturated heterocycles. The lowest BCUT2D eigenvalue weighted by Crippen LogP contribution is -2.48. The normalized spacial score (nSPS) is 24.0. The molecule has 0 bridgehead atoms. The van der Waals surface area contributed by atoms with Crippen molar-refractivity contribution in [1.29, 1.82) is 0 Å². The third-order valence-corrected chi connectivity index (χ3v) is 7.16. The SMILES string of the molecule is Cc1ccc(S(=O)(=O)OC[C@@H]2CC[C@@H](NS(=O)(=O)NCC3CC3)CO2)cc1. The molecule has 1 aromatic carbocycles. The molecule has 2 fully saturated rings. The van der Waals surface area contributed by atoms with Crippen molar-refractivity contribution >= 4 is 20.3 Å². The zero-order valence-corrected chi connectivity index (χ0v) is 16.9. The van der Waals surface area contributed by atoms with Crippen LogP contribution in [-0.2, 0) is 29.2 Å². The molecule has 152 valence electrons. The van der Waals surface area contributed by atoms with Crippen molar-refractivity contribution in [1.82, 2.24) is 9.44 Å². The topological polar surface area (TPSA) is 111 Å². The second-order valence-electron chi connectivity index (χ2n) is 7.19. The van der Waals surface area contributed by atoms with Crippen molar-refractivity contribution in [3.05, 3.63) is 29.8 Å². The van der Waals surface area contributed by atoms with Crippen LogP contribution in [0.4, 0.5) is 0 Å². The summed E-state index contributed by atoms with van der Waals surface area (Å²) in [7, 11) is -7.37. The number of nitrogens with one attached hydrogen (secondary N) is 2. The highest BCUT2D eigenvalue weighted by Crippen LogP contribution is 2.27. The predicted octanol–water partition coefficient (Wildman–Crippen LogP) is 1.08. The van der Waals surface area contributed by atoms with Gasteiger partial charge in [-0.15, -0.1) is 0 Å². The van der Waals surface area contributed by atoms with Crippen LogP contribution < -0.4 is 9.44 Å². The molecule has 0 radical (unpaired) electrons. The molecule has 0 spiro atoms. The first kappa shape index (κ1) is 20.7. The summed E-state index contributed by atoms with van der Waals surface area (Å²) in [6.07, 6.45) is 2.83. The molecule has 0 amide bonds. The van der Waals surface area contributed by atoms with Crippen LogP contribution in [0.3, 0.4) is 0 Å². The second kappa shape index (κ2) is 8.54. The van der Waals surface area contributed by atoms with Gasteiger partial charge in [-0.3, -0.25) is 4.18 Å². The summed E-state index contributed by atoms with van der Waals surface area (Å²) < 4.78 is 64.1. The molecule has 1 aromatic rings. The first-order valence-corrected chi connectivity index (χ1v) is 12.0. The lowest BCUT2D eigenvalue weighted by Gasteiger charge is -2.29. The quantitative estimate of drug-likeness (QED) is 0.581. The van der Waals surface area contributed by atoms with Gasteiger partial charge in [0.1, 0.15) is 0 Å². The van der Waals surface area contributed by atoms with Gasteiger partial charge in [-0.2, -0.15) is 21.6 Å². The van der Waals surface area contributed by atoms with Crippen molar-refractivity contribution in [3.63, 3.8) is 0 Å². The summed E-state index contributed by atoms with van der Waals surface area (Å²) in [5.74, 6) is 0.459. The number of hydrogen-bond donors (Lipinski definition) is 2. The number of ether oxygens (including phenoxy) is 1. The average Bonchev–Trinajstić information content (AvgIpc) is 3.44. The molecular formula is C17H26N2O6S2. The Morgan fingerprint density at radius 3 is 2.37 bits per heavy atom. The first-order valence-electron chi connectivity index (χ1n) is 9.08. The molecular weight excluding hydrogens is 392 g/mol. The van der Waals surface area contributed by atoms with Gasteiger partial charge < -0.3 is 4.74 Å². The Morgan fingerprint density at radius 2 is 1.78 bits per heavy atom. The maximum atomic E-state index is 12.2. The van der Waals surface area contributed by atoms with E-state index in [9.17, 15) is 16.8 Å². The third-order valence-electron chi connectivity index (χ3n) is 4.67. The Balaban J connectivity index is 1.42. The van der Waals surface area contributed by atoms with Gasteiger partial charge in [0.15, 0.2) is 0 Å². The van der Waals surface area contributed by atoms with E-state index in [4.69, 9.17) is 8.92 Å². The van der Waals surface area contributed by atoms with E-state index in [0.29, 0.717) is 25.3 Å². The van der Waals surface area contributed by atoms with Crippen molar-refractivity contribution in [2.75, 3.05) is 19.8 Å². The monoisotopic (exact) mass is 418 g/mol. The van der Waals surface area contributed by atoms with Crippen molar-refractivity contribution < 1.29 is 25.8 Å². The standard InChI is InChI=1S/C17H26N2O6S2/c1-13-2-8-17(9-3-13)26(20,21)25-12-16-7-6-15(11-24-16)19-27(22,23)18-10-14-4-5-14/h2-3,8-9,14-16,18-19H,4-7,10-12H2,1H3/t15-,16+/m1/s1. The van der Waals surface area contributed by atoms with Gasteiger partial charge in [0.2, 0.25) is 0 Å². The Hall–Kier alpha value is -1.04. The first-order chi connectivity index (χ1) is 12.7. The van der Waals surface area contributed by atoms with Crippen LogP contribution in [0.5, 0.6) is 0 Å². The highest BCUT2D eigenvalue weighted by Gasteiger charge is 2.28. The second-order valence-corrected chi connectivity index (χ2v) is 10.3. The predicted molar refractivity (Wildman–Crippen MR) is 99.9 cm³/mol. The molecule has 2 atom stereocenters. The van der Waals surface area contributed by atoms with Gasteiger partial charge in [-0.05, 0) is 50.7 Å². The molecule has 1 aliphatic heterocycles. The minimum Gasteiger partial charge on any atom is -0.374 e. The highest BCUT2D eigenvalue weighted by molar-refractivity contribution is 7.87. The fraction of sp³-hybridized carbons (Fsp3) is 0.647. The van der Waals surface area contributed by atoms with Crippen LogP contribution in [0.1, 0.15) is 31.2 Å². The summed E-state index contributed by atoms with van der Waals surface area (Å²) in [6, 6.07) is 6.10. The molecule has 2 N–H and O–H groups in total. The summed E-state index contributed by atoms with van der Waals surface area (Å²) in [5, 5.41) is 0. The van der Waals surface area contributed by atoms with Gasteiger partial charge in [0, 0.05) is 12.6 Å². The fourth-order valence-electron chi connectivity index (χ4n) is 2.78. The van der Waals surface area contributed by atoms with E-state index in [2.05, 4.69) is 9.44 Å². The highest BCUT2D eigenvalue weighted by atomic mass is 32.2. The maximum Gasteiger partial charge on any atom is 0.297 e. The average molecular weight is 419 g/mol. The molecule has 0 unspecified atom stereocenters. The molecule has 8 nitrogen and oxygen atoms in total. The van der Waals surface area contributed by atoms with E-state index in [1.807, 2.05) is 6.92 Å². The summed E-state index contributed by atoms with van der Waals surface area (Å²) in [6.45, 7) is 2.44. The number of aryl methyl sites for hydroxylation is 1. The van der Waals surface area contributed by atoms with Gasteiger partial charge in [0.05, 0.1) is 24.2 Å². The summed E-state index contributed by atoms with van der Waals surface area (Å²) >= 11 is 0. The lowest BCUT2D eigenvalue weighted by molar-refractivity contribution is -0.0212. The van der Waals surface area contributed by atoms with Crippen LogP contribution in [0, 0.1) is 12.8 Å². The molecule has 3 rings (SSSR count). The minimum atomic E-state index is -3.83. The summed E-state index contributed by atoms with van der Waals surface area (Å²) in [4.78, 5) is 0.108. The van der Waals surface area contributed by atoms with E-state index >= 15 is 0 Å². The summed E-state index contributed by atoms with van der Waals surface area (Å²) in [5.41, 5.74) is 0.963. The third kappa shape index (κ3) is 6.51. The van der Waals surface area contributed by atoms with Crippen LogP contribution >= 0.6 is 0 Å². The molecule has 2 aliphatic rings. The van der Waals surface area contributed by atoms with Gasteiger partial charge in [-0.25, -0.2) is 4.72 Å². The fourth-order valence-corrected chi connectivity index (χ4v) is 4.88. The number of hydrogen-bond acceptors (Lipinski definition) is 6. The van der Waals surface area contributed by atoms with Crippen LogP contribution in [0.25, 0.3) is 0 Å². The van der Waals surface area contributed by atoms with Crippen molar-refractivity contribution in [2.45, 2.75) is 49.6 Å². The van der Waals surface area contributed by atoms with E-state index in [1.165, 1.54) is 12.1 Å². The minimum absolute atomic E-state index is 0.0877. The molecule has 1 heterocycles. The Morgan fingerprint density at radius 1 is 1.07 bits per heavy atom. The zero-order chi connectivity index (χ0) is 19.5. The Kier molecular flexibility index (Phi) is 6.54. The van der Waals surface area contributed by atoms with Crippen LogP contribution in [0.2, 0.25) is 0 Å². The molecule has 1 aliphatic carbocycles. The van der Waals surface area contributed by atoms with Crippen molar-refractivity contribution in [3.8, 4) is 0 Å². The van der Waals surface area contributed by atoms with E-state index in [-0.39, 0.29) is 30.3 Å². The number of benzene rings is 1. The van der Waals surface area contributed by atoms with Gasteiger partial charge in [-0.1, -0.05) is 17.7 Å². The lowest BCUT2D eigenvalue weighted by atomic mass is 10.1. The Bertz CT molecular complexity index is 827. The maximum absolute atomic E-state index is 12.2. The van der Waals surface area contributed by atoms with Gasteiger partial charge >= 0.3 is 0 Å². The largest absolute Gasteiger partial charge is 0.374 e. The van der Waals surface area contributed by atoms with E-state index in [1.54, 1.807) is 12.1 Å². The Labute approximate surface area is 160 Å². The van der Waals surface area contributed by atoms with Crippen LogP contribution in [-0.4, -0.2) is 48.7 Å². The van der Waals surface area contributed by atoms with Crippen LogP contribution in [0.15, 0.2) is 29.2 Å². The van der Waals surface area contributed by atoms with E-state index < -0.39 is 20.3 Å². The van der Waals surface area contributed by atoms with Gasteiger partial charge in [0.25, 0.3) is 20.3 Å². The molecule has 10 heteroatoms.